The summed E-state index contributed by atoms with van der Waals surface area (Å²) in [6.45, 7) is 4.22. The Bertz CT molecular complexity index is 431. The maximum atomic E-state index is 11.6. The predicted octanol–water partition coefficient (Wildman–Crippen LogP) is 1.82. The number of carbonyl (C=O) groups is 2. The first-order chi connectivity index (χ1) is 9.50. The molecule has 0 aromatic heterocycles. The monoisotopic (exact) mass is 279 g/mol. The number of carboxylic acid groups (broad SMARTS) is 1. The predicted molar refractivity (Wildman–Crippen MR) is 75.1 cm³/mol. The van der Waals surface area contributed by atoms with E-state index in [-0.39, 0.29) is 24.9 Å². The van der Waals surface area contributed by atoms with Crippen molar-refractivity contribution in [2.45, 2.75) is 32.9 Å². The van der Waals surface area contributed by atoms with Gasteiger partial charge in [0.15, 0.2) is 0 Å². The zero-order chi connectivity index (χ0) is 15.0. The molecule has 2 N–H and O–H groups in total. The number of benzene rings is 1. The van der Waals surface area contributed by atoms with Crippen molar-refractivity contribution < 1.29 is 19.4 Å². The van der Waals surface area contributed by atoms with Gasteiger partial charge in [-0.1, -0.05) is 44.2 Å². The van der Waals surface area contributed by atoms with Crippen LogP contribution in [0.1, 0.15) is 25.8 Å². The fourth-order valence-electron chi connectivity index (χ4n) is 1.69. The van der Waals surface area contributed by atoms with E-state index in [4.69, 9.17) is 9.84 Å². The molecule has 0 aliphatic carbocycles. The quantitative estimate of drug-likeness (QED) is 0.712. The summed E-state index contributed by atoms with van der Waals surface area (Å²) in [6, 6.07) is 8.81. The Balaban J connectivity index is 2.24. The van der Waals surface area contributed by atoms with Crippen LogP contribution >= 0.6 is 0 Å². The van der Waals surface area contributed by atoms with Crippen molar-refractivity contribution in [3.05, 3.63) is 35.9 Å². The largest absolute Gasteiger partial charge is 0.480 e. The SMILES string of the molecule is CC(C)[C@@H](NC(=O)CCOCc1ccccc1)C(=O)O. The molecule has 20 heavy (non-hydrogen) atoms. The molecule has 0 fully saturated rings. The van der Waals surface area contributed by atoms with E-state index < -0.39 is 12.0 Å². The molecule has 0 unspecified atom stereocenters. The number of aliphatic carboxylic acids is 1. The molecule has 1 amide bonds. The summed E-state index contributed by atoms with van der Waals surface area (Å²) in [5.41, 5.74) is 1.04. The van der Waals surface area contributed by atoms with Gasteiger partial charge >= 0.3 is 5.97 Å². The second-order valence-electron chi connectivity index (χ2n) is 4.92. The molecule has 0 saturated heterocycles. The van der Waals surface area contributed by atoms with Gasteiger partial charge < -0.3 is 15.2 Å². The molecule has 1 aromatic carbocycles. The molecule has 0 bridgehead atoms. The standard InChI is InChI=1S/C15H21NO4/c1-11(2)14(15(18)19)16-13(17)8-9-20-10-12-6-4-3-5-7-12/h3-7,11,14H,8-10H2,1-2H3,(H,16,17)(H,18,19)/t14-/m1/s1. The van der Waals surface area contributed by atoms with Gasteiger partial charge in [-0.25, -0.2) is 4.79 Å². The van der Waals surface area contributed by atoms with Gasteiger partial charge in [-0.15, -0.1) is 0 Å². The van der Waals surface area contributed by atoms with Crippen LogP contribution < -0.4 is 5.32 Å². The van der Waals surface area contributed by atoms with Crippen LogP contribution in [0.4, 0.5) is 0 Å². The van der Waals surface area contributed by atoms with E-state index in [0.29, 0.717) is 6.61 Å². The Morgan fingerprint density at radius 3 is 2.45 bits per heavy atom. The number of carboxylic acids is 1. The van der Waals surface area contributed by atoms with Crippen LogP contribution in [0.3, 0.4) is 0 Å². The van der Waals surface area contributed by atoms with Crippen LogP contribution in [0.2, 0.25) is 0 Å². The van der Waals surface area contributed by atoms with Crippen LogP contribution in [0.5, 0.6) is 0 Å². The van der Waals surface area contributed by atoms with Gasteiger partial charge in [0, 0.05) is 6.42 Å². The molecule has 1 atom stereocenters. The van der Waals surface area contributed by atoms with Crippen molar-refractivity contribution in [1.29, 1.82) is 0 Å². The first-order valence-electron chi connectivity index (χ1n) is 6.64. The van der Waals surface area contributed by atoms with Crippen LogP contribution in [0.15, 0.2) is 30.3 Å². The van der Waals surface area contributed by atoms with Gasteiger partial charge in [-0.05, 0) is 11.5 Å². The fourth-order valence-corrected chi connectivity index (χ4v) is 1.69. The highest BCUT2D eigenvalue weighted by molar-refractivity contribution is 5.83. The molecular formula is C15H21NO4. The van der Waals surface area contributed by atoms with Crippen LogP contribution in [0, 0.1) is 5.92 Å². The highest BCUT2D eigenvalue weighted by atomic mass is 16.5. The number of nitrogens with one attached hydrogen (secondary N) is 1. The lowest BCUT2D eigenvalue weighted by molar-refractivity contribution is -0.143. The summed E-state index contributed by atoms with van der Waals surface area (Å²) >= 11 is 0. The molecule has 0 spiro atoms. The molecule has 0 aliphatic heterocycles. The molecule has 1 aromatic rings. The van der Waals surface area contributed by atoms with Gasteiger partial charge in [-0.3, -0.25) is 4.79 Å². The Morgan fingerprint density at radius 1 is 1.25 bits per heavy atom. The lowest BCUT2D eigenvalue weighted by Gasteiger charge is -2.17. The smallest absolute Gasteiger partial charge is 0.326 e. The zero-order valence-electron chi connectivity index (χ0n) is 11.8. The number of hydrogen-bond acceptors (Lipinski definition) is 3. The van der Waals surface area contributed by atoms with Gasteiger partial charge in [-0.2, -0.15) is 0 Å². The summed E-state index contributed by atoms with van der Waals surface area (Å²) in [5.74, 6) is -1.47. The Hall–Kier alpha value is -1.88. The fraction of sp³-hybridized carbons (Fsp3) is 0.467. The molecule has 0 saturated carbocycles. The first kappa shape index (κ1) is 16.2. The summed E-state index contributed by atoms with van der Waals surface area (Å²) in [7, 11) is 0. The van der Waals surface area contributed by atoms with Gasteiger partial charge in [0.05, 0.1) is 13.2 Å². The summed E-state index contributed by atoms with van der Waals surface area (Å²) in [5, 5.41) is 11.5. The van der Waals surface area contributed by atoms with E-state index in [1.165, 1.54) is 0 Å². The topological polar surface area (TPSA) is 75.6 Å². The highest BCUT2D eigenvalue weighted by Gasteiger charge is 2.22. The summed E-state index contributed by atoms with van der Waals surface area (Å²) < 4.78 is 5.38. The number of hydrogen-bond donors (Lipinski definition) is 2. The van der Waals surface area contributed by atoms with Gasteiger partial charge in [0.2, 0.25) is 5.91 Å². The Morgan fingerprint density at radius 2 is 1.90 bits per heavy atom. The molecule has 0 radical (unpaired) electrons. The van der Waals surface area contributed by atoms with Crippen LogP contribution in [-0.4, -0.2) is 29.6 Å². The number of rotatable bonds is 8. The maximum Gasteiger partial charge on any atom is 0.326 e. The Kier molecular flexibility index (Phi) is 6.73. The van der Waals surface area contributed by atoms with Crippen molar-refractivity contribution in [1.82, 2.24) is 5.32 Å². The van der Waals surface area contributed by atoms with Crippen LogP contribution in [-0.2, 0) is 20.9 Å². The minimum absolute atomic E-state index is 0.151. The van der Waals surface area contributed by atoms with Crippen molar-refractivity contribution in [2.75, 3.05) is 6.61 Å². The molecule has 0 heterocycles. The number of amides is 1. The van der Waals surface area contributed by atoms with E-state index >= 15 is 0 Å². The Labute approximate surface area is 118 Å². The van der Waals surface area contributed by atoms with E-state index in [1.54, 1.807) is 13.8 Å². The minimum Gasteiger partial charge on any atom is -0.480 e. The lowest BCUT2D eigenvalue weighted by Crippen LogP contribution is -2.44. The molecular weight excluding hydrogens is 258 g/mol. The first-order valence-corrected chi connectivity index (χ1v) is 6.64. The van der Waals surface area contributed by atoms with Crippen molar-refractivity contribution in [2.24, 2.45) is 5.92 Å². The third kappa shape index (κ3) is 5.84. The van der Waals surface area contributed by atoms with Crippen molar-refractivity contribution >= 4 is 11.9 Å². The molecule has 5 nitrogen and oxygen atoms in total. The molecule has 5 heteroatoms. The normalized spacial score (nSPS) is 12.2. The highest BCUT2D eigenvalue weighted by Crippen LogP contribution is 2.03. The van der Waals surface area contributed by atoms with E-state index in [2.05, 4.69) is 5.32 Å². The molecule has 1 rings (SSSR count). The second-order valence-corrected chi connectivity index (χ2v) is 4.92. The minimum atomic E-state index is -1.02. The molecule has 0 aliphatic rings. The number of ether oxygens (including phenoxy) is 1. The third-order valence-electron chi connectivity index (χ3n) is 2.83. The van der Waals surface area contributed by atoms with Gasteiger partial charge in [0.1, 0.15) is 6.04 Å². The van der Waals surface area contributed by atoms with Crippen molar-refractivity contribution in [3.8, 4) is 0 Å². The second kappa shape index (κ2) is 8.32. The van der Waals surface area contributed by atoms with E-state index in [1.807, 2.05) is 30.3 Å². The van der Waals surface area contributed by atoms with Crippen LogP contribution in [0.25, 0.3) is 0 Å². The van der Waals surface area contributed by atoms with E-state index in [9.17, 15) is 9.59 Å². The maximum absolute atomic E-state index is 11.6. The lowest BCUT2D eigenvalue weighted by atomic mass is 10.0. The third-order valence-corrected chi connectivity index (χ3v) is 2.83. The number of carbonyl (C=O) groups excluding carboxylic acids is 1. The van der Waals surface area contributed by atoms with Crippen molar-refractivity contribution in [3.63, 3.8) is 0 Å². The van der Waals surface area contributed by atoms with Gasteiger partial charge in [0.25, 0.3) is 0 Å². The van der Waals surface area contributed by atoms with E-state index in [0.717, 1.165) is 5.56 Å². The molecule has 110 valence electrons. The summed E-state index contributed by atoms with van der Waals surface area (Å²) in [6.07, 6.45) is 0.156. The average molecular weight is 279 g/mol. The zero-order valence-corrected chi connectivity index (χ0v) is 11.8. The summed E-state index contributed by atoms with van der Waals surface area (Å²) in [4.78, 5) is 22.6. The average Bonchev–Trinajstić information content (AvgIpc) is 2.41.